The first-order valence-electron chi connectivity index (χ1n) is 9.95. The number of urea groups is 1. The number of halogens is 1. The minimum atomic E-state index is -0.970. The van der Waals surface area contributed by atoms with E-state index in [2.05, 4.69) is 5.32 Å². The summed E-state index contributed by atoms with van der Waals surface area (Å²) >= 11 is 0. The molecule has 0 unspecified atom stereocenters. The van der Waals surface area contributed by atoms with E-state index in [1.807, 2.05) is 0 Å². The number of barbiturate groups is 1. The van der Waals surface area contributed by atoms with Crippen molar-refractivity contribution in [3.05, 3.63) is 105 Å². The highest BCUT2D eigenvalue weighted by Crippen LogP contribution is 2.23. The number of nitrogens with one attached hydrogen (secondary N) is 1. The van der Waals surface area contributed by atoms with Gasteiger partial charge in [0.1, 0.15) is 23.7 Å². The van der Waals surface area contributed by atoms with Crippen LogP contribution in [0.3, 0.4) is 0 Å². The number of rotatable bonds is 6. The number of nitrogens with zero attached hydrogens (tertiary/aromatic N) is 2. The largest absolute Gasteiger partial charge is 0.489 e. The summed E-state index contributed by atoms with van der Waals surface area (Å²) in [5.74, 6) is -1.93. The summed E-state index contributed by atoms with van der Waals surface area (Å²) in [6.07, 6.45) is 1.31. The van der Waals surface area contributed by atoms with Gasteiger partial charge in [0.25, 0.3) is 17.5 Å². The van der Waals surface area contributed by atoms with E-state index in [1.165, 1.54) is 36.4 Å². The Morgan fingerprint density at radius 3 is 2.44 bits per heavy atom. The number of imide groups is 2. The Labute approximate surface area is 192 Å². The number of carbonyl (C=O) groups is 3. The van der Waals surface area contributed by atoms with Crippen LogP contribution in [0.4, 0.5) is 20.6 Å². The molecule has 4 amide bonds. The molecule has 1 heterocycles. The fourth-order valence-corrected chi connectivity index (χ4v) is 3.26. The maximum absolute atomic E-state index is 13.6. The molecule has 0 aromatic heterocycles. The van der Waals surface area contributed by atoms with Crippen LogP contribution in [-0.4, -0.2) is 22.8 Å². The highest BCUT2D eigenvalue weighted by molar-refractivity contribution is 6.39. The van der Waals surface area contributed by atoms with E-state index in [1.54, 1.807) is 36.4 Å². The number of ether oxygens (including phenoxy) is 1. The zero-order valence-electron chi connectivity index (χ0n) is 17.4. The van der Waals surface area contributed by atoms with E-state index in [0.717, 1.165) is 6.07 Å². The number of nitro groups is 1. The van der Waals surface area contributed by atoms with Gasteiger partial charge in [0.2, 0.25) is 0 Å². The van der Waals surface area contributed by atoms with E-state index in [-0.39, 0.29) is 23.6 Å². The van der Waals surface area contributed by atoms with Gasteiger partial charge in [0.15, 0.2) is 0 Å². The SMILES string of the molecule is O=C1NC(=O)N(c2cccc(F)c2)C(=O)/C1=C/c1ccc(OCc2cccc([N+](=O)[O-])c2)cc1. The Bertz CT molecular complexity index is 1340. The molecule has 0 spiro atoms. The predicted octanol–water partition coefficient (Wildman–Crippen LogP) is 3.98. The molecule has 1 saturated heterocycles. The van der Waals surface area contributed by atoms with Gasteiger partial charge >= 0.3 is 6.03 Å². The Morgan fingerprint density at radius 1 is 1.00 bits per heavy atom. The van der Waals surface area contributed by atoms with Gasteiger partial charge in [-0.2, -0.15) is 0 Å². The molecule has 34 heavy (non-hydrogen) atoms. The van der Waals surface area contributed by atoms with E-state index >= 15 is 0 Å². The van der Waals surface area contributed by atoms with Crippen molar-refractivity contribution in [2.45, 2.75) is 6.61 Å². The second kappa shape index (κ2) is 9.33. The molecule has 4 rings (SSSR count). The number of benzene rings is 3. The van der Waals surface area contributed by atoms with Gasteiger partial charge in [-0.05, 0) is 47.5 Å². The van der Waals surface area contributed by atoms with E-state index < -0.39 is 28.6 Å². The number of nitro benzene ring substituents is 1. The molecule has 1 fully saturated rings. The molecule has 0 aliphatic carbocycles. The monoisotopic (exact) mass is 461 g/mol. The number of non-ortho nitro benzene ring substituents is 1. The highest BCUT2D eigenvalue weighted by atomic mass is 19.1. The lowest BCUT2D eigenvalue weighted by atomic mass is 10.1. The van der Waals surface area contributed by atoms with Crippen LogP contribution in [0.5, 0.6) is 5.75 Å². The number of hydrogen-bond donors (Lipinski definition) is 1. The summed E-state index contributed by atoms with van der Waals surface area (Å²) in [7, 11) is 0. The van der Waals surface area contributed by atoms with Crippen molar-refractivity contribution in [3.8, 4) is 5.75 Å². The maximum Gasteiger partial charge on any atom is 0.335 e. The minimum Gasteiger partial charge on any atom is -0.489 e. The molecule has 0 radical (unpaired) electrons. The van der Waals surface area contributed by atoms with Crippen LogP contribution < -0.4 is 15.0 Å². The first-order chi connectivity index (χ1) is 16.3. The lowest BCUT2D eigenvalue weighted by Gasteiger charge is -2.26. The molecule has 3 aromatic carbocycles. The Kier molecular flexibility index (Phi) is 6.13. The first-order valence-corrected chi connectivity index (χ1v) is 9.95. The molecule has 1 N–H and O–H groups in total. The second-order valence-corrected chi connectivity index (χ2v) is 7.22. The van der Waals surface area contributed by atoms with Crippen LogP contribution in [0.15, 0.2) is 78.4 Å². The second-order valence-electron chi connectivity index (χ2n) is 7.22. The lowest BCUT2D eigenvalue weighted by molar-refractivity contribution is -0.384. The molecular formula is C24H16FN3O6. The molecule has 1 aliphatic rings. The minimum absolute atomic E-state index is 0.00852. The van der Waals surface area contributed by atoms with Crippen molar-refractivity contribution in [3.63, 3.8) is 0 Å². The van der Waals surface area contributed by atoms with Gasteiger partial charge in [-0.1, -0.05) is 30.3 Å². The van der Waals surface area contributed by atoms with Crippen molar-refractivity contribution in [1.29, 1.82) is 0 Å². The van der Waals surface area contributed by atoms with Crippen molar-refractivity contribution >= 4 is 35.3 Å². The van der Waals surface area contributed by atoms with Crippen molar-refractivity contribution < 1.29 is 28.4 Å². The molecular weight excluding hydrogens is 445 g/mol. The van der Waals surface area contributed by atoms with Gasteiger partial charge < -0.3 is 4.74 Å². The van der Waals surface area contributed by atoms with Crippen LogP contribution in [0, 0.1) is 15.9 Å². The topological polar surface area (TPSA) is 119 Å². The molecule has 0 atom stereocenters. The first kappa shape index (κ1) is 22.3. The van der Waals surface area contributed by atoms with Crippen molar-refractivity contribution in [1.82, 2.24) is 5.32 Å². The third-order valence-corrected chi connectivity index (χ3v) is 4.89. The summed E-state index contributed by atoms with van der Waals surface area (Å²) in [6, 6.07) is 16.4. The average molecular weight is 461 g/mol. The summed E-state index contributed by atoms with van der Waals surface area (Å²) in [5.41, 5.74) is 0.755. The zero-order valence-corrected chi connectivity index (χ0v) is 17.4. The summed E-state index contributed by atoms with van der Waals surface area (Å²) in [5, 5.41) is 13.0. The zero-order chi connectivity index (χ0) is 24.2. The standard InChI is InChI=1S/C24H16FN3O6/c25-17-4-2-5-18(13-17)27-23(30)21(22(29)26-24(27)31)12-15-7-9-20(10-8-15)34-14-16-3-1-6-19(11-16)28(32)33/h1-13H,14H2,(H,26,29,31)/b21-12+. The van der Waals surface area contributed by atoms with Crippen molar-refractivity contribution in [2.24, 2.45) is 0 Å². The predicted molar refractivity (Wildman–Crippen MR) is 119 cm³/mol. The van der Waals surface area contributed by atoms with Gasteiger partial charge in [0.05, 0.1) is 10.6 Å². The fourth-order valence-electron chi connectivity index (χ4n) is 3.26. The fraction of sp³-hybridized carbons (Fsp3) is 0.0417. The van der Waals surface area contributed by atoms with Gasteiger partial charge in [0, 0.05) is 12.1 Å². The summed E-state index contributed by atoms with van der Waals surface area (Å²) < 4.78 is 19.2. The third kappa shape index (κ3) is 4.80. The van der Waals surface area contributed by atoms with Crippen LogP contribution >= 0.6 is 0 Å². The summed E-state index contributed by atoms with van der Waals surface area (Å²) in [4.78, 5) is 48.4. The molecule has 1 aliphatic heterocycles. The van der Waals surface area contributed by atoms with Crippen LogP contribution in [0.2, 0.25) is 0 Å². The van der Waals surface area contributed by atoms with Crippen molar-refractivity contribution in [2.75, 3.05) is 4.90 Å². The summed E-state index contributed by atoms with van der Waals surface area (Å²) in [6.45, 7) is 0.105. The van der Waals surface area contributed by atoms with E-state index in [9.17, 15) is 28.9 Å². The van der Waals surface area contributed by atoms with Crippen LogP contribution in [0.1, 0.15) is 11.1 Å². The Morgan fingerprint density at radius 2 is 1.74 bits per heavy atom. The van der Waals surface area contributed by atoms with Gasteiger partial charge in [-0.25, -0.2) is 14.1 Å². The van der Waals surface area contributed by atoms with Crippen LogP contribution in [-0.2, 0) is 16.2 Å². The average Bonchev–Trinajstić information content (AvgIpc) is 2.81. The number of anilines is 1. The third-order valence-electron chi connectivity index (χ3n) is 4.89. The molecule has 0 saturated carbocycles. The normalized spacial score (nSPS) is 14.8. The lowest BCUT2D eigenvalue weighted by Crippen LogP contribution is -2.54. The maximum atomic E-state index is 13.6. The van der Waals surface area contributed by atoms with E-state index in [0.29, 0.717) is 21.8 Å². The molecule has 10 heteroatoms. The van der Waals surface area contributed by atoms with Gasteiger partial charge in [-0.3, -0.25) is 25.0 Å². The Hall–Kier alpha value is -4.86. The Balaban J connectivity index is 1.50. The quantitative estimate of drug-likeness (QED) is 0.257. The molecule has 9 nitrogen and oxygen atoms in total. The number of hydrogen-bond acceptors (Lipinski definition) is 6. The van der Waals surface area contributed by atoms with Crippen LogP contribution in [0.25, 0.3) is 6.08 Å². The smallest absolute Gasteiger partial charge is 0.335 e. The number of carbonyl (C=O) groups excluding carboxylic acids is 3. The molecule has 0 bridgehead atoms. The molecule has 170 valence electrons. The highest BCUT2D eigenvalue weighted by Gasteiger charge is 2.36. The van der Waals surface area contributed by atoms with Gasteiger partial charge in [-0.15, -0.1) is 0 Å². The number of amides is 4. The van der Waals surface area contributed by atoms with E-state index in [4.69, 9.17) is 4.74 Å². The molecule has 3 aromatic rings.